The molecule has 2 heteroatoms. The molecule has 2 saturated carbocycles. The first kappa shape index (κ1) is 28.6. The zero-order valence-corrected chi connectivity index (χ0v) is 22.9. The highest BCUT2D eigenvalue weighted by molar-refractivity contribution is 4.93. The summed E-state index contributed by atoms with van der Waals surface area (Å²) in [6.45, 7) is 21.5. The molecule has 0 aliphatic heterocycles. The van der Waals surface area contributed by atoms with Crippen LogP contribution in [-0.4, -0.2) is 25.4 Å². The van der Waals surface area contributed by atoms with E-state index in [1.807, 2.05) is 12.2 Å². The van der Waals surface area contributed by atoms with Crippen molar-refractivity contribution in [2.45, 2.75) is 130 Å². The van der Waals surface area contributed by atoms with Crippen molar-refractivity contribution in [1.29, 1.82) is 0 Å². The van der Waals surface area contributed by atoms with Gasteiger partial charge in [0.15, 0.2) is 0 Å². The molecule has 0 aromatic carbocycles. The molecule has 2 nitrogen and oxygen atoms in total. The summed E-state index contributed by atoms with van der Waals surface area (Å²) in [5.41, 5.74) is 0.916. The highest BCUT2D eigenvalue weighted by Gasteiger charge is 2.42. The zero-order valence-electron chi connectivity index (χ0n) is 22.9. The maximum atomic E-state index is 6.00. The highest BCUT2D eigenvalue weighted by Crippen LogP contribution is 2.52. The molecule has 1 atom stereocenters. The van der Waals surface area contributed by atoms with Crippen LogP contribution in [0.25, 0.3) is 0 Å². The predicted octanol–water partition coefficient (Wildman–Crippen LogP) is 9.15. The Morgan fingerprint density at radius 3 is 1.88 bits per heavy atom. The Bertz CT molecular complexity index is 547. The third-order valence-electron chi connectivity index (χ3n) is 9.47. The van der Waals surface area contributed by atoms with Gasteiger partial charge < -0.3 is 9.47 Å². The molecule has 0 heterocycles. The molecular weight excluding hydrogens is 404 g/mol. The topological polar surface area (TPSA) is 18.5 Å². The van der Waals surface area contributed by atoms with Gasteiger partial charge in [0.05, 0.1) is 25.4 Å². The van der Waals surface area contributed by atoms with Crippen LogP contribution in [0.3, 0.4) is 0 Å². The Kier molecular flexibility index (Phi) is 12.2. The average molecular weight is 461 g/mol. The van der Waals surface area contributed by atoms with Crippen molar-refractivity contribution in [1.82, 2.24) is 0 Å². The van der Waals surface area contributed by atoms with E-state index >= 15 is 0 Å². The number of hydrogen-bond acceptors (Lipinski definition) is 2. The largest absolute Gasteiger partial charge is 0.374 e. The maximum absolute atomic E-state index is 6.00. The van der Waals surface area contributed by atoms with Crippen molar-refractivity contribution in [3.8, 4) is 0 Å². The van der Waals surface area contributed by atoms with Crippen molar-refractivity contribution in [2.24, 2.45) is 28.6 Å². The van der Waals surface area contributed by atoms with Gasteiger partial charge in [0.25, 0.3) is 0 Å². The first-order valence-corrected chi connectivity index (χ1v) is 14.2. The molecule has 0 N–H and O–H groups in total. The van der Waals surface area contributed by atoms with Gasteiger partial charge in [0.1, 0.15) is 0 Å². The molecule has 0 radical (unpaired) electrons. The number of rotatable bonds is 15. The number of hydrogen-bond donors (Lipinski definition) is 0. The van der Waals surface area contributed by atoms with Gasteiger partial charge in [0, 0.05) is 0 Å². The van der Waals surface area contributed by atoms with E-state index in [1.165, 1.54) is 83.5 Å². The summed E-state index contributed by atoms with van der Waals surface area (Å²) in [5.74, 6) is 2.63. The Morgan fingerprint density at radius 2 is 1.33 bits per heavy atom. The molecule has 0 amide bonds. The van der Waals surface area contributed by atoms with Crippen molar-refractivity contribution >= 4 is 0 Å². The van der Waals surface area contributed by atoms with E-state index in [0.717, 1.165) is 17.8 Å². The molecular formula is C31H56O2. The fourth-order valence-corrected chi connectivity index (χ4v) is 6.96. The van der Waals surface area contributed by atoms with Gasteiger partial charge in [0.2, 0.25) is 0 Å². The molecule has 2 aliphatic rings. The fraction of sp³-hybridized carbons (Fsp3) is 0.871. The van der Waals surface area contributed by atoms with Crippen molar-refractivity contribution in [3.05, 3.63) is 25.3 Å². The molecule has 1 unspecified atom stereocenters. The van der Waals surface area contributed by atoms with E-state index in [-0.39, 0.29) is 0 Å². The predicted molar refractivity (Wildman–Crippen MR) is 144 cm³/mol. The van der Waals surface area contributed by atoms with E-state index in [2.05, 4.69) is 47.8 Å². The summed E-state index contributed by atoms with van der Waals surface area (Å²) in [4.78, 5) is 0. The molecule has 2 fully saturated rings. The van der Waals surface area contributed by atoms with Crippen LogP contribution in [0.15, 0.2) is 25.3 Å². The molecule has 0 spiro atoms. The minimum absolute atomic E-state index is 0.414. The SMILES string of the molecule is C=CCOC(CCC)CCCC(C)(C)C1CCC(C(C)(C)C2CCC(OCC=C)CC2)CC1. The van der Waals surface area contributed by atoms with Crippen molar-refractivity contribution in [2.75, 3.05) is 13.2 Å². The van der Waals surface area contributed by atoms with Crippen LogP contribution in [0.4, 0.5) is 0 Å². The molecule has 2 aliphatic carbocycles. The van der Waals surface area contributed by atoms with Crippen molar-refractivity contribution < 1.29 is 9.47 Å². The van der Waals surface area contributed by atoms with Gasteiger partial charge in [-0.1, -0.05) is 59.6 Å². The minimum atomic E-state index is 0.414. The third kappa shape index (κ3) is 8.84. The van der Waals surface area contributed by atoms with E-state index in [1.54, 1.807) is 0 Å². The van der Waals surface area contributed by atoms with Gasteiger partial charge in [-0.15, -0.1) is 13.2 Å². The minimum Gasteiger partial charge on any atom is -0.374 e. The van der Waals surface area contributed by atoms with Crippen LogP contribution < -0.4 is 0 Å². The Balaban J connectivity index is 1.77. The number of ether oxygens (including phenoxy) is 2. The molecule has 0 aromatic rings. The van der Waals surface area contributed by atoms with Crippen LogP contribution in [0.1, 0.15) is 118 Å². The van der Waals surface area contributed by atoms with Gasteiger partial charge >= 0.3 is 0 Å². The quantitative estimate of drug-likeness (QED) is 0.227. The van der Waals surface area contributed by atoms with Gasteiger partial charge in [-0.05, 0) is 99.2 Å². The van der Waals surface area contributed by atoms with Gasteiger partial charge in [-0.2, -0.15) is 0 Å². The smallest absolute Gasteiger partial charge is 0.0648 e. The molecule has 0 saturated heterocycles. The zero-order chi connectivity index (χ0) is 24.3. The Morgan fingerprint density at radius 1 is 0.788 bits per heavy atom. The van der Waals surface area contributed by atoms with Crippen LogP contribution in [0.5, 0.6) is 0 Å². The van der Waals surface area contributed by atoms with Gasteiger partial charge in [-0.3, -0.25) is 0 Å². The first-order valence-electron chi connectivity index (χ1n) is 14.2. The van der Waals surface area contributed by atoms with Crippen molar-refractivity contribution in [3.63, 3.8) is 0 Å². The second kappa shape index (κ2) is 14.1. The molecule has 2 rings (SSSR count). The second-order valence-electron chi connectivity index (χ2n) is 12.4. The maximum Gasteiger partial charge on any atom is 0.0648 e. The Hall–Kier alpha value is -0.600. The lowest BCUT2D eigenvalue weighted by Crippen LogP contribution is -2.39. The third-order valence-corrected chi connectivity index (χ3v) is 9.47. The van der Waals surface area contributed by atoms with Crippen LogP contribution in [0.2, 0.25) is 0 Å². The monoisotopic (exact) mass is 460 g/mol. The molecule has 0 bridgehead atoms. The first-order chi connectivity index (χ1) is 15.7. The molecule has 192 valence electrons. The van der Waals surface area contributed by atoms with E-state index < -0.39 is 0 Å². The highest BCUT2D eigenvalue weighted by atomic mass is 16.5. The normalized spacial score (nSPS) is 27.8. The van der Waals surface area contributed by atoms with E-state index in [4.69, 9.17) is 9.47 Å². The lowest BCUT2D eigenvalue weighted by molar-refractivity contribution is -0.0160. The summed E-state index contributed by atoms with van der Waals surface area (Å²) >= 11 is 0. The summed E-state index contributed by atoms with van der Waals surface area (Å²) in [5, 5.41) is 0. The lowest BCUT2D eigenvalue weighted by atomic mass is 9.57. The average Bonchev–Trinajstić information content (AvgIpc) is 2.81. The van der Waals surface area contributed by atoms with Crippen LogP contribution in [-0.2, 0) is 9.47 Å². The summed E-state index contributed by atoms with van der Waals surface area (Å²) in [6.07, 6.45) is 21.7. The molecule has 33 heavy (non-hydrogen) atoms. The second-order valence-corrected chi connectivity index (χ2v) is 12.4. The standard InChI is InChI=1S/C31H56O2/c1-8-12-28(32-23-9-2)13-11-22-30(4,5)25-14-16-26(17-15-25)31(6,7)27-18-20-29(21-19-27)33-24-10-3/h9-10,25-29H,2-3,8,11-24H2,1,4-7H3. The summed E-state index contributed by atoms with van der Waals surface area (Å²) in [7, 11) is 0. The fourth-order valence-electron chi connectivity index (χ4n) is 6.96. The van der Waals surface area contributed by atoms with Gasteiger partial charge in [-0.25, -0.2) is 0 Å². The van der Waals surface area contributed by atoms with E-state index in [0.29, 0.717) is 36.3 Å². The Labute approximate surface area is 207 Å². The molecule has 0 aromatic heterocycles. The lowest BCUT2D eigenvalue weighted by Gasteiger charge is -2.48. The summed E-state index contributed by atoms with van der Waals surface area (Å²) in [6, 6.07) is 0. The van der Waals surface area contributed by atoms with Crippen LogP contribution in [0, 0.1) is 28.6 Å². The van der Waals surface area contributed by atoms with E-state index in [9.17, 15) is 0 Å². The summed E-state index contributed by atoms with van der Waals surface area (Å²) < 4.78 is 11.9. The van der Waals surface area contributed by atoms with Crippen LogP contribution >= 0.6 is 0 Å².